The van der Waals surface area contributed by atoms with Gasteiger partial charge >= 0.3 is 0 Å². The third-order valence-electron chi connectivity index (χ3n) is 2.59. The van der Waals surface area contributed by atoms with Gasteiger partial charge in [-0.1, -0.05) is 39.7 Å². The normalized spacial score (nSPS) is 10.3. The Bertz CT molecular complexity index is 646. The van der Waals surface area contributed by atoms with Gasteiger partial charge in [-0.2, -0.15) is 0 Å². The molecule has 0 radical (unpaired) electrons. The highest BCUT2D eigenvalue weighted by molar-refractivity contribution is 9.10. The fourth-order valence-electron chi connectivity index (χ4n) is 1.68. The zero-order valence-corrected chi connectivity index (χ0v) is 13.2. The van der Waals surface area contributed by atoms with Crippen LogP contribution in [0.2, 0.25) is 5.02 Å². The Labute approximate surface area is 130 Å². The van der Waals surface area contributed by atoms with Gasteiger partial charge < -0.3 is 11.1 Å². The van der Waals surface area contributed by atoms with E-state index in [1.165, 1.54) is 0 Å². The van der Waals surface area contributed by atoms with Crippen molar-refractivity contribution in [3.8, 4) is 0 Å². The first-order chi connectivity index (χ1) is 8.99. The maximum atomic E-state index is 6.14. The van der Waals surface area contributed by atoms with Gasteiger partial charge in [0.25, 0.3) is 0 Å². The van der Waals surface area contributed by atoms with E-state index in [0.29, 0.717) is 15.8 Å². The molecule has 3 N–H and O–H groups in total. The van der Waals surface area contributed by atoms with Crippen LogP contribution in [0.4, 0.5) is 11.5 Å². The maximum Gasteiger partial charge on any atom is 0.140 e. The molecular formula is C13H11BrClN3S. The predicted molar refractivity (Wildman–Crippen MR) is 87.3 cm³/mol. The van der Waals surface area contributed by atoms with Crippen LogP contribution in [0.25, 0.3) is 0 Å². The van der Waals surface area contributed by atoms with Crippen LogP contribution < -0.4 is 11.1 Å². The lowest BCUT2D eigenvalue weighted by molar-refractivity contribution is 1.26. The second kappa shape index (κ2) is 5.86. The highest BCUT2D eigenvalue weighted by Gasteiger charge is 2.11. The molecule has 0 bridgehead atoms. The van der Waals surface area contributed by atoms with Gasteiger partial charge in [0.1, 0.15) is 10.8 Å². The number of anilines is 2. The SMILES string of the molecule is Cc1ccnc(Nc2cc(Br)ccc2Cl)c1C(N)=S. The second-order valence-corrected chi connectivity index (χ2v) is 5.73. The van der Waals surface area contributed by atoms with E-state index < -0.39 is 0 Å². The molecule has 0 aliphatic carbocycles. The quantitative estimate of drug-likeness (QED) is 0.810. The number of rotatable bonds is 3. The highest BCUT2D eigenvalue weighted by Crippen LogP contribution is 2.29. The van der Waals surface area contributed by atoms with Crippen molar-refractivity contribution in [3.05, 3.63) is 51.1 Å². The van der Waals surface area contributed by atoms with Crippen LogP contribution >= 0.6 is 39.7 Å². The van der Waals surface area contributed by atoms with E-state index in [9.17, 15) is 0 Å². The topological polar surface area (TPSA) is 50.9 Å². The first kappa shape index (κ1) is 14.2. The first-order valence-electron chi connectivity index (χ1n) is 5.46. The lowest BCUT2D eigenvalue weighted by atomic mass is 10.1. The van der Waals surface area contributed by atoms with Crippen LogP contribution in [0.15, 0.2) is 34.9 Å². The molecule has 1 aromatic heterocycles. The number of thiocarbonyl (C=S) groups is 1. The number of nitrogens with one attached hydrogen (secondary N) is 1. The number of halogens is 2. The molecule has 0 atom stereocenters. The van der Waals surface area contributed by atoms with Crippen molar-refractivity contribution in [2.45, 2.75) is 6.92 Å². The molecule has 0 spiro atoms. The standard InChI is InChI=1S/C13H11BrClN3S/c1-7-4-5-17-13(11(7)12(16)19)18-10-6-8(14)2-3-9(10)15/h2-6H,1H3,(H2,16,19)(H,17,18). The Balaban J connectivity index is 2.46. The largest absolute Gasteiger partial charge is 0.389 e. The van der Waals surface area contributed by atoms with Crippen molar-refractivity contribution in [1.29, 1.82) is 0 Å². The van der Waals surface area contributed by atoms with E-state index in [4.69, 9.17) is 29.6 Å². The molecule has 0 amide bonds. The van der Waals surface area contributed by atoms with Crippen LogP contribution in [0.5, 0.6) is 0 Å². The monoisotopic (exact) mass is 355 g/mol. The summed E-state index contributed by atoms with van der Waals surface area (Å²) in [6, 6.07) is 7.40. The van der Waals surface area contributed by atoms with E-state index in [2.05, 4.69) is 26.2 Å². The van der Waals surface area contributed by atoms with Crippen LogP contribution in [-0.4, -0.2) is 9.97 Å². The summed E-state index contributed by atoms with van der Waals surface area (Å²) < 4.78 is 0.920. The van der Waals surface area contributed by atoms with Crippen LogP contribution in [0, 0.1) is 6.92 Å². The summed E-state index contributed by atoms with van der Waals surface area (Å²) >= 11 is 14.6. The van der Waals surface area contributed by atoms with E-state index in [0.717, 1.165) is 21.3 Å². The summed E-state index contributed by atoms with van der Waals surface area (Å²) in [5.74, 6) is 0.604. The molecule has 0 aliphatic heterocycles. The lowest BCUT2D eigenvalue weighted by Crippen LogP contribution is -2.14. The summed E-state index contributed by atoms with van der Waals surface area (Å²) in [7, 11) is 0. The minimum absolute atomic E-state index is 0.305. The fraction of sp³-hybridized carbons (Fsp3) is 0.0769. The number of nitrogens with zero attached hydrogens (tertiary/aromatic N) is 1. The summed E-state index contributed by atoms with van der Waals surface area (Å²) in [5.41, 5.74) is 8.19. The Morgan fingerprint density at radius 3 is 2.84 bits per heavy atom. The van der Waals surface area contributed by atoms with E-state index in [1.54, 1.807) is 12.3 Å². The first-order valence-corrected chi connectivity index (χ1v) is 7.04. The molecule has 2 rings (SSSR count). The summed E-state index contributed by atoms with van der Waals surface area (Å²) in [5, 5.41) is 3.76. The average Bonchev–Trinajstić information content (AvgIpc) is 2.33. The predicted octanol–water partition coefficient (Wildman–Crippen LogP) is 4.18. The van der Waals surface area contributed by atoms with E-state index >= 15 is 0 Å². The maximum absolute atomic E-state index is 6.14. The van der Waals surface area contributed by atoms with Crippen molar-refractivity contribution < 1.29 is 0 Å². The molecule has 0 aliphatic rings. The lowest BCUT2D eigenvalue weighted by Gasteiger charge is -2.13. The molecule has 0 fully saturated rings. The molecule has 1 heterocycles. The van der Waals surface area contributed by atoms with Gasteiger partial charge in [0.05, 0.1) is 16.3 Å². The molecule has 0 saturated heterocycles. The molecule has 6 heteroatoms. The number of benzene rings is 1. The second-order valence-electron chi connectivity index (χ2n) is 3.96. The number of nitrogens with two attached hydrogens (primary N) is 1. The van der Waals surface area contributed by atoms with Crippen molar-refractivity contribution >= 4 is 56.2 Å². The zero-order chi connectivity index (χ0) is 14.0. The number of hydrogen-bond acceptors (Lipinski definition) is 3. The molecule has 1 aromatic carbocycles. The van der Waals surface area contributed by atoms with E-state index in [1.807, 2.05) is 25.1 Å². The molecule has 0 saturated carbocycles. The number of hydrogen-bond donors (Lipinski definition) is 2. The van der Waals surface area contributed by atoms with Crippen molar-refractivity contribution in [2.75, 3.05) is 5.32 Å². The van der Waals surface area contributed by atoms with Gasteiger partial charge in [-0.25, -0.2) is 4.98 Å². The fourth-order valence-corrected chi connectivity index (χ4v) is 2.47. The smallest absolute Gasteiger partial charge is 0.140 e. The third kappa shape index (κ3) is 3.23. The Hall–Kier alpha value is -1.17. The molecule has 19 heavy (non-hydrogen) atoms. The van der Waals surface area contributed by atoms with Crippen LogP contribution in [-0.2, 0) is 0 Å². The number of aromatic nitrogens is 1. The Morgan fingerprint density at radius 2 is 2.16 bits per heavy atom. The molecule has 98 valence electrons. The van der Waals surface area contributed by atoms with Crippen molar-refractivity contribution in [2.24, 2.45) is 5.73 Å². The summed E-state index contributed by atoms with van der Waals surface area (Å²) in [4.78, 5) is 4.58. The van der Waals surface area contributed by atoms with Crippen LogP contribution in [0.3, 0.4) is 0 Å². The van der Waals surface area contributed by atoms with Gasteiger partial charge in [-0.3, -0.25) is 0 Å². The van der Waals surface area contributed by atoms with Gasteiger partial charge in [-0.05, 0) is 36.8 Å². The van der Waals surface area contributed by atoms with Crippen molar-refractivity contribution in [1.82, 2.24) is 4.98 Å². The van der Waals surface area contributed by atoms with Gasteiger partial charge in [0, 0.05) is 10.7 Å². The number of aryl methyl sites for hydroxylation is 1. The summed E-state index contributed by atoms with van der Waals surface area (Å²) in [6.45, 7) is 1.93. The van der Waals surface area contributed by atoms with Crippen LogP contribution in [0.1, 0.15) is 11.1 Å². The number of pyridine rings is 1. The highest BCUT2D eigenvalue weighted by atomic mass is 79.9. The van der Waals surface area contributed by atoms with Crippen molar-refractivity contribution in [3.63, 3.8) is 0 Å². The average molecular weight is 357 g/mol. The molecule has 2 aromatic rings. The Kier molecular flexibility index (Phi) is 4.39. The van der Waals surface area contributed by atoms with Gasteiger partial charge in [0.2, 0.25) is 0 Å². The summed E-state index contributed by atoms with van der Waals surface area (Å²) in [6.07, 6.45) is 1.70. The van der Waals surface area contributed by atoms with Gasteiger partial charge in [-0.15, -0.1) is 0 Å². The molecule has 3 nitrogen and oxygen atoms in total. The van der Waals surface area contributed by atoms with E-state index in [-0.39, 0.29) is 0 Å². The molecular weight excluding hydrogens is 346 g/mol. The minimum Gasteiger partial charge on any atom is -0.389 e. The van der Waals surface area contributed by atoms with Gasteiger partial charge in [0.15, 0.2) is 0 Å². The zero-order valence-electron chi connectivity index (χ0n) is 10.1. The minimum atomic E-state index is 0.305. The molecule has 0 unspecified atom stereocenters. The third-order valence-corrected chi connectivity index (χ3v) is 3.61. The Morgan fingerprint density at radius 1 is 1.42 bits per heavy atom.